The van der Waals surface area contributed by atoms with Crippen LogP contribution in [0.2, 0.25) is 0 Å². The van der Waals surface area contributed by atoms with E-state index in [-0.39, 0.29) is 17.4 Å². The predicted octanol–water partition coefficient (Wildman–Crippen LogP) is 1.63. The zero-order valence-electron chi connectivity index (χ0n) is 12.3. The fourth-order valence-corrected chi connectivity index (χ4v) is 3.04. The van der Waals surface area contributed by atoms with Gasteiger partial charge in [-0.2, -0.15) is 0 Å². The lowest BCUT2D eigenvalue weighted by Crippen LogP contribution is -2.51. The molecule has 0 spiro atoms. The van der Waals surface area contributed by atoms with Crippen molar-refractivity contribution >= 4 is 29.1 Å². The third-order valence-electron chi connectivity index (χ3n) is 4.05. The van der Waals surface area contributed by atoms with Gasteiger partial charge in [0.1, 0.15) is 6.54 Å². The second kappa shape index (κ2) is 7.57. The maximum Gasteiger partial charge on any atom is 0.325 e. The molecule has 0 bridgehead atoms. The smallest absolute Gasteiger partial charge is 0.325 e. The summed E-state index contributed by atoms with van der Waals surface area (Å²) in [5, 5.41) is 0. The second-order valence-electron chi connectivity index (χ2n) is 5.26. The molecule has 114 valence electrons. The number of carbonyl (C=O) groups is 2. The Morgan fingerprint density at radius 2 is 1.80 bits per heavy atom. The summed E-state index contributed by atoms with van der Waals surface area (Å²) >= 11 is 5.19. The first-order valence-electron chi connectivity index (χ1n) is 7.14. The maximum atomic E-state index is 12.8. The molecule has 0 aromatic heterocycles. The Bertz CT molecular complexity index is 377. The van der Waals surface area contributed by atoms with Gasteiger partial charge >= 0.3 is 5.97 Å². The van der Waals surface area contributed by atoms with Crippen molar-refractivity contribution in [3.63, 3.8) is 0 Å². The summed E-state index contributed by atoms with van der Waals surface area (Å²) in [5.41, 5.74) is 5.11. The number of ether oxygens (including phenoxy) is 1. The van der Waals surface area contributed by atoms with Crippen LogP contribution >= 0.6 is 12.2 Å². The van der Waals surface area contributed by atoms with E-state index in [4.69, 9.17) is 18.0 Å². The van der Waals surface area contributed by atoms with Gasteiger partial charge in [0.25, 0.3) is 0 Å². The molecular formula is C14H24N2O3S. The largest absolute Gasteiger partial charge is 0.468 e. The highest BCUT2D eigenvalue weighted by Crippen LogP contribution is 2.37. The predicted molar refractivity (Wildman–Crippen MR) is 81.2 cm³/mol. The quantitative estimate of drug-likeness (QED) is 0.475. The number of nitrogens with two attached hydrogens (primary N) is 1. The lowest BCUT2D eigenvalue weighted by Gasteiger charge is -2.35. The highest BCUT2D eigenvalue weighted by Gasteiger charge is 2.44. The molecule has 0 heterocycles. The molecule has 2 N–H and O–H groups in total. The van der Waals surface area contributed by atoms with Crippen molar-refractivity contribution in [1.29, 1.82) is 0 Å². The van der Waals surface area contributed by atoms with Crippen LogP contribution in [0.15, 0.2) is 0 Å². The molecule has 0 unspecified atom stereocenters. The lowest BCUT2D eigenvalue weighted by atomic mass is 9.78. The minimum absolute atomic E-state index is 0.0454. The van der Waals surface area contributed by atoms with Crippen molar-refractivity contribution in [2.45, 2.75) is 45.4 Å². The van der Waals surface area contributed by atoms with Crippen LogP contribution < -0.4 is 5.73 Å². The Labute approximate surface area is 125 Å². The zero-order valence-corrected chi connectivity index (χ0v) is 13.1. The highest BCUT2D eigenvalue weighted by molar-refractivity contribution is 7.80. The number of amides is 1. The Morgan fingerprint density at radius 1 is 1.25 bits per heavy atom. The van der Waals surface area contributed by atoms with Crippen LogP contribution in [0.5, 0.6) is 0 Å². The molecular weight excluding hydrogens is 276 g/mol. The first-order valence-corrected chi connectivity index (χ1v) is 7.55. The normalized spacial score (nSPS) is 17.9. The summed E-state index contributed by atoms with van der Waals surface area (Å²) in [6.07, 6.45) is 5.44. The van der Waals surface area contributed by atoms with Crippen LogP contribution in [0.4, 0.5) is 0 Å². The standard InChI is InChI=1S/C14H24N2O3S/c1-3-16(10-11(17)19-2)13(18)14(12(15)20)8-6-4-5-7-9-14/h3-10H2,1-2H3,(H2,15,20). The third kappa shape index (κ3) is 3.69. The average molecular weight is 300 g/mol. The molecule has 0 atom stereocenters. The molecule has 1 rings (SSSR count). The van der Waals surface area contributed by atoms with E-state index in [1.165, 1.54) is 12.0 Å². The molecule has 0 aromatic rings. The van der Waals surface area contributed by atoms with Crippen molar-refractivity contribution in [1.82, 2.24) is 4.90 Å². The van der Waals surface area contributed by atoms with Gasteiger partial charge in [-0.05, 0) is 19.8 Å². The van der Waals surface area contributed by atoms with E-state index >= 15 is 0 Å². The van der Waals surface area contributed by atoms with Crippen LogP contribution in [-0.2, 0) is 14.3 Å². The van der Waals surface area contributed by atoms with Gasteiger partial charge in [0, 0.05) is 6.54 Å². The number of hydrogen-bond acceptors (Lipinski definition) is 4. The summed E-state index contributed by atoms with van der Waals surface area (Å²) in [7, 11) is 1.32. The molecule has 0 aromatic carbocycles. The third-order valence-corrected chi connectivity index (χ3v) is 4.45. The van der Waals surface area contributed by atoms with Gasteiger partial charge in [0.15, 0.2) is 0 Å². The van der Waals surface area contributed by atoms with E-state index in [9.17, 15) is 9.59 Å². The fraction of sp³-hybridized carbons (Fsp3) is 0.786. The van der Waals surface area contributed by atoms with Crippen molar-refractivity contribution in [2.24, 2.45) is 11.1 Å². The van der Waals surface area contributed by atoms with Gasteiger partial charge in [-0.1, -0.05) is 37.9 Å². The van der Waals surface area contributed by atoms with Gasteiger partial charge in [0.05, 0.1) is 17.5 Å². The van der Waals surface area contributed by atoms with E-state index in [0.717, 1.165) is 25.7 Å². The zero-order chi connectivity index (χ0) is 15.2. The Balaban J connectivity index is 2.96. The van der Waals surface area contributed by atoms with E-state index in [1.54, 1.807) is 0 Å². The van der Waals surface area contributed by atoms with E-state index < -0.39 is 11.4 Å². The molecule has 1 aliphatic carbocycles. The van der Waals surface area contributed by atoms with Gasteiger partial charge in [-0.3, -0.25) is 9.59 Å². The summed E-state index contributed by atoms with van der Waals surface area (Å²) in [6, 6.07) is 0. The summed E-state index contributed by atoms with van der Waals surface area (Å²) in [4.78, 5) is 26.0. The van der Waals surface area contributed by atoms with Crippen molar-refractivity contribution in [2.75, 3.05) is 20.2 Å². The Kier molecular flexibility index (Phi) is 6.39. The van der Waals surface area contributed by atoms with Gasteiger partial charge < -0.3 is 15.4 Å². The van der Waals surface area contributed by atoms with Crippen LogP contribution in [0, 0.1) is 5.41 Å². The fourth-order valence-electron chi connectivity index (χ4n) is 2.75. The van der Waals surface area contributed by atoms with Crippen LogP contribution in [0.25, 0.3) is 0 Å². The molecule has 6 heteroatoms. The molecule has 1 saturated carbocycles. The molecule has 0 radical (unpaired) electrons. The first-order chi connectivity index (χ1) is 9.47. The molecule has 0 saturated heterocycles. The van der Waals surface area contributed by atoms with E-state index in [1.807, 2.05) is 6.92 Å². The number of rotatable bonds is 5. The van der Waals surface area contributed by atoms with Gasteiger partial charge in [-0.25, -0.2) is 0 Å². The van der Waals surface area contributed by atoms with Crippen molar-refractivity contribution in [3.05, 3.63) is 0 Å². The van der Waals surface area contributed by atoms with Crippen molar-refractivity contribution < 1.29 is 14.3 Å². The number of esters is 1. The van der Waals surface area contributed by atoms with Gasteiger partial charge in [-0.15, -0.1) is 0 Å². The molecule has 5 nitrogen and oxygen atoms in total. The summed E-state index contributed by atoms with van der Waals surface area (Å²) < 4.78 is 4.64. The lowest BCUT2D eigenvalue weighted by molar-refractivity contribution is -0.149. The van der Waals surface area contributed by atoms with Crippen molar-refractivity contribution in [3.8, 4) is 0 Å². The topological polar surface area (TPSA) is 72.6 Å². The molecule has 20 heavy (non-hydrogen) atoms. The molecule has 1 amide bonds. The number of hydrogen-bond donors (Lipinski definition) is 1. The number of nitrogens with zero attached hydrogens (tertiary/aromatic N) is 1. The Hall–Kier alpha value is -1.17. The number of thiocarbonyl (C=S) groups is 1. The average Bonchev–Trinajstić information content (AvgIpc) is 2.70. The van der Waals surface area contributed by atoms with Crippen LogP contribution in [0.3, 0.4) is 0 Å². The number of likely N-dealkylation sites (N-methyl/N-ethyl adjacent to an activating group) is 1. The molecule has 0 aliphatic heterocycles. The van der Waals surface area contributed by atoms with Crippen LogP contribution in [-0.4, -0.2) is 42.0 Å². The number of carbonyl (C=O) groups excluding carboxylic acids is 2. The van der Waals surface area contributed by atoms with Crippen LogP contribution in [0.1, 0.15) is 45.4 Å². The second-order valence-corrected chi connectivity index (χ2v) is 5.70. The monoisotopic (exact) mass is 300 g/mol. The SMILES string of the molecule is CCN(CC(=O)OC)C(=O)C1(C(N)=S)CCCCCC1. The molecule has 1 fully saturated rings. The summed E-state index contributed by atoms with van der Waals surface area (Å²) in [5.74, 6) is -0.549. The Morgan fingerprint density at radius 3 is 2.20 bits per heavy atom. The van der Waals surface area contributed by atoms with E-state index in [0.29, 0.717) is 19.4 Å². The minimum Gasteiger partial charge on any atom is -0.468 e. The highest BCUT2D eigenvalue weighted by atomic mass is 32.1. The minimum atomic E-state index is -0.782. The molecule has 1 aliphatic rings. The maximum absolute atomic E-state index is 12.8. The van der Waals surface area contributed by atoms with Gasteiger partial charge in [0.2, 0.25) is 5.91 Å². The number of methoxy groups -OCH3 is 1. The summed E-state index contributed by atoms with van der Waals surface area (Å²) in [6.45, 7) is 2.24. The first kappa shape index (κ1) is 16.9. The van der Waals surface area contributed by atoms with E-state index in [2.05, 4.69) is 4.74 Å².